The van der Waals surface area contributed by atoms with Crippen LogP contribution in [0.2, 0.25) is 0 Å². The molecule has 2 aromatic rings. The molecule has 0 spiro atoms. The molecule has 1 aliphatic rings. The van der Waals surface area contributed by atoms with Crippen LogP contribution in [-0.4, -0.2) is 59.0 Å². The summed E-state index contributed by atoms with van der Waals surface area (Å²) in [5.74, 6) is -0.223. The highest BCUT2D eigenvalue weighted by Gasteiger charge is 2.27. The molecule has 0 atom stereocenters. The maximum Gasteiger partial charge on any atom is 0.312 e. The van der Waals surface area contributed by atoms with E-state index in [9.17, 15) is 9.59 Å². The van der Waals surface area contributed by atoms with Gasteiger partial charge in [-0.3, -0.25) is 20.4 Å². The molecule has 34 heavy (non-hydrogen) atoms. The number of rotatable bonds is 8. The van der Waals surface area contributed by atoms with E-state index in [1.807, 2.05) is 47.6 Å². The van der Waals surface area contributed by atoms with Gasteiger partial charge < -0.3 is 14.4 Å². The van der Waals surface area contributed by atoms with Crippen molar-refractivity contribution in [3.63, 3.8) is 0 Å². The van der Waals surface area contributed by atoms with E-state index in [4.69, 9.17) is 9.47 Å². The zero-order chi connectivity index (χ0) is 24.9. The lowest BCUT2D eigenvalue weighted by molar-refractivity contribution is -0.154. The van der Waals surface area contributed by atoms with Crippen LogP contribution in [0.5, 0.6) is 0 Å². The Bertz CT molecular complexity index is 1030. The van der Waals surface area contributed by atoms with Gasteiger partial charge in [-0.1, -0.05) is 27.2 Å². The molecule has 0 radical (unpaired) electrons. The fraction of sp³-hybridized carbons (Fsp3) is 0.625. The topological polar surface area (TPSA) is 119 Å². The number of anilines is 2. The average molecular weight is 473 g/mol. The smallest absolute Gasteiger partial charge is 0.312 e. The van der Waals surface area contributed by atoms with Gasteiger partial charge in [-0.25, -0.2) is 4.98 Å². The lowest BCUT2D eigenvalue weighted by Crippen LogP contribution is -2.40. The van der Waals surface area contributed by atoms with Gasteiger partial charge >= 0.3 is 5.97 Å². The second kappa shape index (κ2) is 10.5. The van der Waals surface area contributed by atoms with E-state index in [1.165, 1.54) is 0 Å². The summed E-state index contributed by atoms with van der Waals surface area (Å²) in [4.78, 5) is 32.0. The van der Waals surface area contributed by atoms with Gasteiger partial charge in [0.2, 0.25) is 5.91 Å². The first-order valence-corrected chi connectivity index (χ1v) is 11.8. The van der Waals surface area contributed by atoms with Gasteiger partial charge in [-0.05, 0) is 33.3 Å². The molecular weight excluding hydrogens is 436 g/mol. The molecular formula is C24H36N6O4. The first-order chi connectivity index (χ1) is 16.0. The Kier molecular flexibility index (Phi) is 7.91. The molecule has 0 unspecified atom stereocenters. The van der Waals surface area contributed by atoms with Gasteiger partial charge in [0.15, 0.2) is 5.82 Å². The second-order valence-corrected chi connectivity index (χ2v) is 10.2. The fourth-order valence-corrected chi connectivity index (χ4v) is 3.82. The fourth-order valence-electron chi connectivity index (χ4n) is 3.82. The highest BCUT2D eigenvalue weighted by Crippen LogP contribution is 2.27. The number of amides is 1. The highest BCUT2D eigenvalue weighted by atomic mass is 16.6. The third-order valence-corrected chi connectivity index (χ3v) is 5.57. The van der Waals surface area contributed by atoms with Crippen molar-refractivity contribution >= 4 is 34.3 Å². The molecule has 3 rings (SSSR count). The standard InChI is InChI=1S/C24H36N6O4/c1-7-8-24(5,6)22(32)29-28-21-20-17(13-16(15-25-20)30-9-11-33-12-10-30)18(26-27-21)14-19(31)34-23(2,3)4/h13,15H,7-12,14H2,1-6H3,(H,27,28)(H,29,32). The Hall–Kier alpha value is -3.01. The van der Waals surface area contributed by atoms with Gasteiger partial charge in [0, 0.05) is 23.9 Å². The van der Waals surface area contributed by atoms with Crippen LogP contribution in [0.1, 0.15) is 60.1 Å². The second-order valence-electron chi connectivity index (χ2n) is 10.2. The molecule has 186 valence electrons. The number of fused-ring (bicyclic) bond motifs is 1. The van der Waals surface area contributed by atoms with Gasteiger partial charge in [0.05, 0.1) is 37.2 Å². The monoisotopic (exact) mass is 472 g/mol. The van der Waals surface area contributed by atoms with Crippen molar-refractivity contribution in [3.8, 4) is 0 Å². The molecule has 1 saturated heterocycles. The van der Waals surface area contributed by atoms with Crippen molar-refractivity contribution in [1.29, 1.82) is 0 Å². The molecule has 10 heteroatoms. The number of pyridine rings is 1. The summed E-state index contributed by atoms with van der Waals surface area (Å²) in [6, 6.07) is 1.95. The molecule has 2 N–H and O–H groups in total. The molecule has 1 amide bonds. The highest BCUT2D eigenvalue weighted by molar-refractivity contribution is 5.94. The van der Waals surface area contributed by atoms with Gasteiger partial charge in [-0.15, -0.1) is 5.10 Å². The average Bonchev–Trinajstić information content (AvgIpc) is 2.77. The zero-order valence-electron chi connectivity index (χ0n) is 21.0. The van der Waals surface area contributed by atoms with E-state index < -0.39 is 17.0 Å². The van der Waals surface area contributed by atoms with E-state index in [0.29, 0.717) is 35.6 Å². The summed E-state index contributed by atoms with van der Waals surface area (Å²) in [6.45, 7) is 14.1. The Morgan fingerprint density at radius 1 is 1.15 bits per heavy atom. The Morgan fingerprint density at radius 2 is 1.85 bits per heavy atom. The molecule has 0 bridgehead atoms. The molecule has 0 aromatic carbocycles. The van der Waals surface area contributed by atoms with Crippen LogP contribution in [0.15, 0.2) is 12.3 Å². The van der Waals surface area contributed by atoms with Crippen molar-refractivity contribution in [2.24, 2.45) is 5.41 Å². The minimum atomic E-state index is -0.603. The summed E-state index contributed by atoms with van der Waals surface area (Å²) in [6.07, 6.45) is 3.38. The van der Waals surface area contributed by atoms with E-state index in [0.717, 1.165) is 31.6 Å². The molecule has 2 aromatic heterocycles. The van der Waals surface area contributed by atoms with Crippen molar-refractivity contribution in [1.82, 2.24) is 20.6 Å². The number of aromatic nitrogens is 3. The van der Waals surface area contributed by atoms with Crippen molar-refractivity contribution in [2.75, 3.05) is 36.6 Å². The van der Waals surface area contributed by atoms with Crippen molar-refractivity contribution < 1.29 is 19.1 Å². The summed E-state index contributed by atoms with van der Waals surface area (Å²) in [5, 5.41) is 9.19. The number of carbonyl (C=O) groups is 2. The summed E-state index contributed by atoms with van der Waals surface area (Å²) in [7, 11) is 0. The van der Waals surface area contributed by atoms with Crippen molar-refractivity contribution in [3.05, 3.63) is 18.0 Å². The Labute approximate surface area is 200 Å². The maximum atomic E-state index is 12.6. The summed E-state index contributed by atoms with van der Waals surface area (Å²) < 4.78 is 10.9. The van der Waals surface area contributed by atoms with E-state index in [-0.39, 0.29) is 12.3 Å². The molecule has 0 aliphatic carbocycles. The van der Waals surface area contributed by atoms with E-state index in [2.05, 4.69) is 30.9 Å². The minimum absolute atomic E-state index is 0.0365. The predicted octanol–water partition coefficient (Wildman–Crippen LogP) is 3.02. The van der Waals surface area contributed by atoms with Crippen LogP contribution < -0.4 is 15.8 Å². The molecule has 1 fully saturated rings. The summed E-state index contributed by atoms with van der Waals surface area (Å²) >= 11 is 0. The van der Waals surface area contributed by atoms with Crippen molar-refractivity contribution in [2.45, 2.75) is 66.4 Å². The largest absolute Gasteiger partial charge is 0.460 e. The molecule has 0 saturated carbocycles. The van der Waals surface area contributed by atoms with Gasteiger partial charge in [0.25, 0.3) is 0 Å². The molecule has 1 aliphatic heterocycles. The molecule has 3 heterocycles. The zero-order valence-corrected chi connectivity index (χ0v) is 21.0. The number of ether oxygens (including phenoxy) is 2. The van der Waals surface area contributed by atoms with Gasteiger partial charge in [-0.2, -0.15) is 5.10 Å². The quantitative estimate of drug-likeness (QED) is 0.441. The maximum absolute atomic E-state index is 12.6. The number of nitrogens with zero attached hydrogens (tertiary/aromatic N) is 4. The Morgan fingerprint density at radius 3 is 2.50 bits per heavy atom. The number of hydrogen-bond donors (Lipinski definition) is 2. The third kappa shape index (κ3) is 6.53. The Balaban J connectivity index is 1.92. The van der Waals surface area contributed by atoms with Crippen LogP contribution in [0.25, 0.3) is 10.9 Å². The minimum Gasteiger partial charge on any atom is -0.460 e. The van der Waals surface area contributed by atoms with E-state index in [1.54, 1.807) is 6.20 Å². The number of hydrogen-bond acceptors (Lipinski definition) is 9. The first kappa shape index (κ1) is 25.6. The normalized spacial score (nSPS) is 14.7. The third-order valence-electron chi connectivity index (χ3n) is 5.57. The SMILES string of the molecule is CCCC(C)(C)C(=O)NNc1nnc(CC(=O)OC(C)(C)C)c2cc(N3CCOCC3)cnc12. The lowest BCUT2D eigenvalue weighted by atomic mass is 9.87. The van der Waals surface area contributed by atoms with Crippen LogP contribution in [0, 0.1) is 5.41 Å². The number of hydrazine groups is 1. The van der Waals surface area contributed by atoms with Crippen LogP contribution in [0.3, 0.4) is 0 Å². The summed E-state index contributed by atoms with van der Waals surface area (Å²) in [5.41, 5.74) is 6.38. The number of esters is 1. The van der Waals surface area contributed by atoms with Crippen LogP contribution in [-0.2, 0) is 25.5 Å². The van der Waals surface area contributed by atoms with Crippen LogP contribution >= 0.6 is 0 Å². The number of carbonyl (C=O) groups excluding carboxylic acids is 2. The number of nitrogens with one attached hydrogen (secondary N) is 2. The predicted molar refractivity (Wildman–Crippen MR) is 130 cm³/mol. The lowest BCUT2D eigenvalue weighted by Gasteiger charge is -2.29. The number of morpholine rings is 1. The molecule has 10 nitrogen and oxygen atoms in total. The van der Waals surface area contributed by atoms with E-state index >= 15 is 0 Å². The van der Waals surface area contributed by atoms with Crippen LogP contribution in [0.4, 0.5) is 11.5 Å². The first-order valence-electron chi connectivity index (χ1n) is 11.8. The van der Waals surface area contributed by atoms with Gasteiger partial charge in [0.1, 0.15) is 11.1 Å².